The van der Waals surface area contributed by atoms with Gasteiger partial charge in [-0.2, -0.15) is 0 Å². The van der Waals surface area contributed by atoms with Crippen molar-refractivity contribution in [2.45, 2.75) is 26.3 Å². The molecule has 3 rings (SSSR count). The van der Waals surface area contributed by atoms with E-state index in [-0.39, 0.29) is 24.3 Å². The zero-order valence-corrected chi connectivity index (χ0v) is 16.0. The number of carbonyl (C=O) groups is 2. The molecule has 0 saturated heterocycles. The van der Waals surface area contributed by atoms with Crippen LogP contribution in [-0.2, 0) is 16.0 Å². The smallest absolute Gasteiger partial charge is 0.226 e. The van der Waals surface area contributed by atoms with Crippen molar-refractivity contribution in [1.82, 2.24) is 10.3 Å². The lowest BCUT2D eigenvalue weighted by Gasteiger charge is -2.13. The van der Waals surface area contributed by atoms with E-state index in [2.05, 4.69) is 15.6 Å². The van der Waals surface area contributed by atoms with Crippen LogP contribution < -0.4 is 10.6 Å². The summed E-state index contributed by atoms with van der Waals surface area (Å²) in [5.74, 6) is -0.175. The standard InChI is InChI=1S/C21H21N3O2S/c1-14(16-7-4-3-5-8-16)22-20(26)12-19-13-27-21(24-19)17-9-6-10-18(11-17)23-15(2)25/h3-11,13-14H,12H2,1-2H3,(H,22,26)(H,23,25). The Hall–Kier alpha value is -2.99. The summed E-state index contributed by atoms with van der Waals surface area (Å²) in [6.07, 6.45) is 0.235. The van der Waals surface area contributed by atoms with Crippen LogP contribution in [0.25, 0.3) is 10.6 Å². The fraction of sp³-hybridized carbons (Fsp3) is 0.190. The molecule has 138 valence electrons. The molecule has 6 heteroatoms. The average Bonchev–Trinajstić information content (AvgIpc) is 3.10. The Morgan fingerprint density at radius 3 is 2.63 bits per heavy atom. The molecule has 2 N–H and O–H groups in total. The third-order valence-electron chi connectivity index (χ3n) is 4.00. The molecule has 1 atom stereocenters. The molecule has 0 aliphatic carbocycles. The lowest BCUT2D eigenvalue weighted by atomic mass is 10.1. The number of hydrogen-bond acceptors (Lipinski definition) is 4. The Kier molecular flexibility index (Phi) is 5.98. The maximum absolute atomic E-state index is 12.3. The Morgan fingerprint density at radius 2 is 1.89 bits per heavy atom. The van der Waals surface area contributed by atoms with Crippen LogP contribution in [0, 0.1) is 0 Å². The molecular weight excluding hydrogens is 358 g/mol. The van der Waals surface area contributed by atoms with Crippen LogP contribution in [0.2, 0.25) is 0 Å². The van der Waals surface area contributed by atoms with Crippen molar-refractivity contribution in [2.24, 2.45) is 0 Å². The maximum Gasteiger partial charge on any atom is 0.226 e. The number of hydrogen-bond donors (Lipinski definition) is 2. The lowest BCUT2D eigenvalue weighted by molar-refractivity contribution is -0.121. The van der Waals surface area contributed by atoms with Gasteiger partial charge in [-0.25, -0.2) is 4.98 Å². The van der Waals surface area contributed by atoms with E-state index in [1.54, 1.807) is 0 Å². The van der Waals surface area contributed by atoms with E-state index in [1.807, 2.05) is 66.9 Å². The van der Waals surface area contributed by atoms with Crippen molar-refractivity contribution < 1.29 is 9.59 Å². The minimum absolute atomic E-state index is 0.0499. The van der Waals surface area contributed by atoms with Crippen molar-refractivity contribution >= 4 is 28.8 Å². The minimum Gasteiger partial charge on any atom is -0.349 e. The molecule has 0 aliphatic heterocycles. The highest BCUT2D eigenvalue weighted by Crippen LogP contribution is 2.26. The summed E-state index contributed by atoms with van der Waals surface area (Å²) in [5, 5.41) is 8.48. The van der Waals surface area contributed by atoms with Gasteiger partial charge in [0.15, 0.2) is 0 Å². The summed E-state index contributed by atoms with van der Waals surface area (Å²) in [6, 6.07) is 17.3. The number of nitrogens with one attached hydrogen (secondary N) is 2. The molecule has 1 aromatic heterocycles. The number of anilines is 1. The highest BCUT2D eigenvalue weighted by atomic mass is 32.1. The Balaban J connectivity index is 1.64. The van der Waals surface area contributed by atoms with Crippen molar-refractivity contribution in [3.8, 4) is 10.6 Å². The van der Waals surface area contributed by atoms with Crippen LogP contribution in [0.3, 0.4) is 0 Å². The van der Waals surface area contributed by atoms with Gasteiger partial charge in [0.2, 0.25) is 11.8 Å². The second-order valence-corrected chi connectivity index (χ2v) is 7.14. The molecule has 1 heterocycles. The summed E-state index contributed by atoms with van der Waals surface area (Å²) in [7, 11) is 0. The molecule has 0 aliphatic rings. The topological polar surface area (TPSA) is 71.1 Å². The second kappa shape index (κ2) is 8.60. The van der Waals surface area contributed by atoms with Crippen LogP contribution in [0.5, 0.6) is 0 Å². The van der Waals surface area contributed by atoms with E-state index < -0.39 is 0 Å². The van der Waals surface area contributed by atoms with Gasteiger partial charge in [0, 0.05) is 23.6 Å². The number of aromatic nitrogens is 1. The summed E-state index contributed by atoms with van der Waals surface area (Å²) >= 11 is 1.48. The number of thiazole rings is 1. The number of benzene rings is 2. The van der Waals surface area contributed by atoms with Gasteiger partial charge in [-0.15, -0.1) is 11.3 Å². The third kappa shape index (κ3) is 5.24. The van der Waals surface area contributed by atoms with Crippen molar-refractivity contribution in [1.29, 1.82) is 0 Å². The van der Waals surface area contributed by atoms with Crippen LogP contribution in [0.4, 0.5) is 5.69 Å². The highest BCUT2D eigenvalue weighted by Gasteiger charge is 2.13. The monoisotopic (exact) mass is 379 g/mol. The Labute approximate surface area is 162 Å². The third-order valence-corrected chi connectivity index (χ3v) is 4.94. The molecule has 27 heavy (non-hydrogen) atoms. The molecule has 0 saturated carbocycles. The summed E-state index contributed by atoms with van der Waals surface area (Å²) < 4.78 is 0. The van der Waals surface area contributed by atoms with Crippen LogP contribution in [0.1, 0.15) is 31.1 Å². The van der Waals surface area contributed by atoms with Crippen molar-refractivity contribution in [3.05, 3.63) is 71.2 Å². The second-order valence-electron chi connectivity index (χ2n) is 6.28. The van der Waals surface area contributed by atoms with Gasteiger partial charge in [0.05, 0.1) is 18.2 Å². The van der Waals surface area contributed by atoms with Gasteiger partial charge < -0.3 is 10.6 Å². The average molecular weight is 379 g/mol. The van der Waals surface area contributed by atoms with Gasteiger partial charge in [0.25, 0.3) is 0 Å². The van der Waals surface area contributed by atoms with Crippen LogP contribution in [-0.4, -0.2) is 16.8 Å². The van der Waals surface area contributed by atoms with E-state index in [4.69, 9.17) is 0 Å². The van der Waals surface area contributed by atoms with E-state index in [1.165, 1.54) is 18.3 Å². The van der Waals surface area contributed by atoms with Gasteiger partial charge in [0.1, 0.15) is 5.01 Å². The van der Waals surface area contributed by atoms with E-state index in [9.17, 15) is 9.59 Å². The first-order chi connectivity index (χ1) is 13.0. The molecule has 0 spiro atoms. The number of nitrogens with zero attached hydrogens (tertiary/aromatic N) is 1. The minimum atomic E-state index is -0.115. The quantitative estimate of drug-likeness (QED) is 0.675. The predicted molar refractivity (Wildman–Crippen MR) is 109 cm³/mol. The van der Waals surface area contributed by atoms with Crippen LogP contribution in [0.15, 0.2) is 60.0 Å². The summed E-state index contributed by atoms with van der Waals surface area (Å²) in [5.41, 5.74) is 3.44. The molecule has 1 unspecified atom stereocenters. The van der Waals surface area contributed by atoms with Gasteiger partial charge >= 0.3 is 0 Å². The Morgan fingerprint density at radius 1 is 1.11 bits per heavy atom. The van der Waals surface area contributed by atoms with Gasteiger partial charge in [-0.05, 0) is 24.6 Å². The Bertz CT molecular complexity index is 937. The zero-order valence-electron chi connectivity index (χ0n) is 15.2. The first-order valence-corrected chi connectivity index (χ1v) is 9.56. The molecule has 0 radical (unpaired) electrons. The van der Waals surface area contributed by atoms with Crippen molar-refractivity contribution in [3.63, 3.8) is 0 Å². The molecular formula is C21H21N3O2S. The first kappa shape index (κ1) is 18.8. The fourth-order valence-electron chi connectivity index (χ4n) is 2.74. The number of amides is 2. The molecule has 2 amide bonds. The lowest BCUT2D eigenvalue weighted by Crippen LogP contribution is -2.28. The molecule has 0 bridgehead atoms. The summed E-state index contributed by atoms with van der Waals surface area (Å²) in [4.78, 5) is 28.1. The maximum atomic E-state index is 12.3. The largest absolute Gasteiger partial charge is 0.349 e. The summed E-state index contributed by atoms with van der Waals surface area (Å²) in [6.45, 7) is 3.44. The van der Waals surface area contributed by atoms with Gasteiger partial charge in [-0.3, -0.25) is 9.59 Å². The number of carbonyl (C=O) groups excluding carboxylic acids is 2. The first-order valence-electron chi connectivity index (χ1n) is 8.68. The normalized spacial score (nSPS) is 11.6. The van der Waals surface area contributed by atoms with E-state index in [0.29, 0.717) is 0 Å². The fourth-order valence-corrected chi connectivity index (χ4v) is 3.55. The number of rotatable bonds is 6. The molecule has 2 aromatic carbocycles. The SMILES string of the molecule is CC(=O)Nc1cccc(-c2nc(CC(=O)NC(C)c3ccccc3)cs2)c1. The van der Waals surface area contributed by atoms with Gasteiger partial charge in [-0.1, -0.05) is 42.5 Å². The molecule has 3 aromatic rings. The van der Waals surface area contributed by atoms with E-state index in [0.717, 1.165) is 27.5 Å². The van der Waals surface area contributed by atoms with Crippen molar-refractivity contribution in [2.75, 3.05) is 5.32 Å². The molecule has 0 fully saturated rings. The van der Waals surface area contributed by atoms with Crippen LogP contribution >= 0.6 is 11.3 Å². The highest BCUT2D eigenvalue weighted by molar-refractivity contribution is 7.13. The zero-order chi connectivity index (χ0) is 19.2. The van der Waals surface area contributed by atoms with E-state index >= 15 is 0 Å². The predicted octanol–water partition coefficient (Wildman–Crippen LogP) is 4.19. The molecule has 5 nitrogen and oxygen atoms in total.